The Kier molecular flexibility index (Phi) is 4.62. The third kappa shape index (κ3) is 2.86. The quantitative estimate of drug-likeness (QED) is 0.807. The van der Waals surface area contributed by atoms with Crippen molar-refractivity contribution in [3.05, 3.63) is 0 Å². The van der Waals surface area contributed by atoms with Crippen LogP contribution < -0.4 is 5.32 Å². The van der Waals surface area contributed by atoms with Crippen LogP contribution in [0, 0.1) is 11.8 Å². The lowest BCUT2D eigenvalue weighted by atomic mass is 9.91. The molecular formula is C14H27N3O. The molecular weight excluding hydrogens is 226 g/mol. The molecule has 1 N–H and O–H groups in total. The van der Waals surface area contributed by atoms with Crippen molar-refractivity contribution < 1.29 is 4.79 Å². The number of piperidine rings is 1. The zero-order valence-electron chi connectivity index (χ0n) is 12.0. The summed E-state index contributed by atoms with van der Waals surface area (Å²) >= 11 is 0. The van der Waals surface area contributed by atoms with Crippen molar-refractivity contribution in [1.29, 1.82) is 0 Å². The van der Waals surface area contributed by atoms with Crippen molar-refractivity contribution >= 4 is 5.91 Å². The normalized spacial score (nSPS) is 33.6. The molecule has 4 heteroatoms. The van der Waals surface area contributed by atoms with Gasteiger partial charge in [-0.3, -0.25) is 4.79 Å². The molecule has 3 unspecified atom stereocenters. The molecule has 2 aliphatic rings. The number of hydrogen-bond acceptors (Lipinski definition) is 3. The molecule has 0 aromatic rings. The van der Waals surface area contributed by atoms with E-state index in [1.54, 1.807) is 0 Å². The van der Waals surface area contributed by atoms with Gasteiger partial charge < -0.3 is 15.1 Å². The number of nitrogens with zero attached hydrogens (tertiary/aromatic N) is 2. The first-order valence-corrected chi connectivity index (χ1v) is 7.33. The molecule has 0 aromatic carbocycles. The van der Waals surface area contributed by atoms with Gasteiger partial charge in [0.1, 0.15) is 0 Å². The van der Waals surface area contributed by atoms with Crippen molar-refractivity contribution in [1.82, 2.24) is 15.1 Å². The van der Waals surface area contributed by atoms with E-state index in [9.17, 15) is 4.79 Å². The topological polar surface area (TPSA) is 35.6 Å². The van der Waals surface area contributed by atoms with Gasteiger partial charge in [0.15, 0.2) is 0 Å². The average Bonchev–Trinajstić information content (AvgIpc) is 2.90. The summed E-state index contributed by atoms with van der Waals surface area (Å²) < 4.78 is 0. The molecule has 0 bridgehead atoms. The fraction of sp³-hybridized carbons (Fsp3) is 0.929. The molecule has 0 spiro atoms. The number of hydrogen-bond donors (Lipinski definition) is 1. The molecule has 2 aliphatic heterocycles. The third-order valence-electron chi connectivity index (χ3n) is 4.65. The molecule has 0 radical (unpaired) electrons. The molecule has 0 aliphatic carbocycles. The molecule has 2 rings (SSSR count). The minimum absolute atomic E-state index is 0.214. The average molecular weight is 253 g/mol. The molecule has 18 heavy (non-hydrogen) atoms. The summed E-state index contributed by atoms with van der Waals surface area (Å²) in [7, 11) is 2.00. The van der Waals surface area contributed by atoms with E-state index >= 15 is 0 Å². The van der Waals surface area contributed by atoms with Crippen molar-refractivity contribution in [3.63, 3.8) is 0 Å². The molecule has 2 heterocycles. The van der Waals surface area contributed by atoms with Crippen LogP contribution in [-0.4, -0.2) is 61.5 Å². The van der Waals surface area contributed by atoms with Crippen molar-refractivity contribution in [2.24, 2.45) is 11.8 Å². The SMILES string of the molecule is CCN1CCC(N(C)C(=O)C2CCNC2)C(C)C1. The monoisotopic (exact) mass is 253 g/mol. The van der Waals surface area contributed by atoms with Crippen LogP contribution in [0.5, 0.6) is 0 Å². The molecule has 104 valence electrons. The van der Waals surface area contributed by atoms with E-state index < -0.39 is 0 Å². The first kappa shape index (κ1) is 13.8. The smallest absolute Gasteiger partial charge is 0.227 e. The lowest BCUT2D eigenvalue weighted by molar-refractivity contribution is -0.137. The van der Waals surface area contributed by atoms with Gasteiger partial charge in [0, 0.05) is 32.7 Å². The Labute approximate surface area is 111 Å². The molecule has 1 amide bonds. The van der Waals surface area contributed by atoms with Crippen LogP contribution in [0.25, 0.3) is 0 Å². The van der Waals surface area contributed by atoms with Crippen LogP contribution in [0.2, 0.25) is 0 Å². The predicted molar refractivity (Wildman–Crippen MR) is 73.4 cm³/mol. The van der Waals surface area contributed by atoms with Gasteiger partial charge in [-0.05, 0) is 31.8 Å². The number of carbonyl (C=O) groups excluding carboxylic acids is 1. The lowest BCUT2D eigenvalue weighted by Gasteiger charge is -2.41. The summed E-state index contributed by atoms with van der Waals surface area (Å²) in [5.74, 6) is 1.15. The van der Waals surface area contributed by atoms with Gasteiger partial charge in [-0.25, -0.2) is 0 Å². The fourth-order valence-corrected chi connectivity index (χ4v) is 3.40. The highest BCUT2D eigenvalue weighted by Gasteiger charge is 2.34. The minimum Gasteiger partial charge on any atom is -0.342 e. The standard InChI is InChI=1S/C14H27N3O/c1-4-17-8-6-13(11(2)10-17)16(3)14(18)12-5-7-15-9-12/h11-13,15H,4-10H2,1-3H3. The summed E-state index contributed by atoms with van der Waals surface area (Å²) in [6, 6.07) is 0.431. The van der Waals surface area contributed by atoms with Crippen molar-refractivity contribution in [2.75, 3.05) is 39.8 Å². The number of likely N-dealkylation sites (tertiary alicyclic amines) is 1. The maximum absolute atomic E-state index is 12.4. The zero-order valence-corrected chi connectivity index (χ0v) is 12.0. The second kappa shape index (κ2) is 6.02. The van der Waals surface area contributed by atoms with Crippen LogP contribution in [0.1, 0.15) is 26.7 Å². The van der Waals surface area contributed by atoms with Crippen molar-refractivity contribution in [3.8, 4) is 0 Å². The second-order valence-electron chi connectivity index (χ2n) is 5.87. The summed E-state index contributed by atoms with van der Waals surface area (Å²) in [5.41, 5.74) is 0. The number of carbonyl (C=O) groups is 1. The van der Waals surface area contributed by atoms with E-state index in [1.165, 1.54) is 0 Å². The van der Waals surface area contributed by atoms with Crippen LogP contribution in [0.3, 0.4) is 0 Å². The van der Waals surface area contributed by atoms with Crippen LogP contribution in [-0.2, 0) is 4.79 Å². The second-order valence-corrected chi connectivity index (χ2v) is 5.87. The maximum Gasteiger partial charge on any atom is 0.227 e. The van der Waals surface area contributed by atoms with E-state index in [0.717, 1.165) is 45.6 Å². The van der Waals surface area contributed by atoms with Crippen LogP contribution in [0.4, 0.5) is 0 Å². The lowest BCUT2D eigenvalue weighted by Crippen LogP contribution is -2.52. The molecule has 3 atom stereocenters. The van der Waals surface area contributed by atoms with Crippen molar-refractivity contribution in [2.45, 2.75) is 32.7 Å². The largest absolute Gasteiger partial charge is 0.342 e. The molecule has 0 saturated carbocycles. The Balaban J connectivity index is 1.92. The molecule has 4 nitrogen and oxygen atoms in total. The summed E-state index contributed by atoms with van der Waals surface area (Å²) in [5, 5.41) is 3.28. The van der Waals surface area contributed by atoms with Crippen LogP contribution >= 0.6 is 0 Å². The van der Waals surface area contributed by atoms with E-state index in [-0.39, 0.29) is 5.92 Å². The number of rotatable bonds is 3. The van der Waals surface area contributed by atoms with E-state index in [0.29, 0.717) is 17.9 Å². The van der Waals surface area contributed by atoms with Gasteiger partial charge >= 0.3 is 0 Å². The number of nitrogens with one attached hydrogen (secondary N) is 1. The molecule has 2 fully saturated rings. The Morgan fingerprint density at radius 1 is 1.44 bits per heavy atom. The first-order valence-electron chi connectivity index (χ1n) is 7.33. The van der Waals surface area contributed by atoms with Gasteiger partial charge in [-0.15, -0.1) is 0 Å². The maximum atomic E-state index is 12.4. The third-order valence-corrected chi connectivity index (χ3v) is 4.65. The van der Waals surface area contributed by atoms with Crippen LogP contribution in [0.15, 0.2) is 0 Å². The minimum atomic E-state index is 0.214. The van der Waals surface area contributed by atoms with Gasteiger partial charge in [-0.2, -0.15) is 0 Å². The molecule has 0 aromatic heterocycles. The Hall–Kier alpha value is -0.610. The number of amides is 1. The Morgan fingerprint density at radius 3 is 2.78 bits per heavy atom. The van der Waals surface area contributed by atoms with Gasteiger partial charge in [0.25, 0.3) is 0 Å². The van der Waals surface area contributed by atoms with E-state index in [4.69, 9.17) is 0 Å². The van der Waals surface area contributed by atoms with Gasteiger partial charge in [-0.1, -0.05) is 13.8 Å². The fourth-order valence-electron chi connectivity index (χ4n) is 3.40. The highest BCUT2D eigenvalue weighted by molar-refractivity contribution is 5.79. The van der Waals surface area contributed by atoms with E-state index in [2.05, 4.69) is 24.1 Å². The first-order chi connectivity index (χ1) is 8.63. The van der Waals surface area contributed by atoms with Gasteiger partial charge in [0.05, 0.1) is 5.92 Å². The van der Waals surface area contributed by atoms with E-state index in [1.807, 2.05) is 11.9 Å². The Bertz CT molecular complexity index is 289. The Morgan fingerprint density at radius 2 is 2.22 bits per heavy atom. The predicted octanol–water partition coefficient (Wildman–Crippen LogP) is 0.785. The zero-order chi connectivity index (χ0) is 13.1. The highest BCUT2D eigenvalue weighted by Crippen LogP contribution is 2.23. The van der Waals surface area contributed by atoms with Gasteiger partial charge in [0.2, 0.25) is 5.91 Å². The summed E-state index contributed by atoms with van der Waals surface area (Å²) in [6.07, 6.45) is 2.13. The summed E-state index contributed by atoms with van der Waals surface area (Å²) in [4.78, 5) is 16.9. The highest BCUT2D eigenvalue weighted by atomic mass is 16.2. The molecule has 2 saturated heterocycles. The summed E-state index contributed by atoms with van der Waals surface area (Å²) in [6.45, 7) is 9.74.